The Labute approximate surface area is 130 Å². The van der Waals surface area contributed by atoms with Gasteiger partial charge in [0.15, 0.2) is 5.65 Å². The molecule has 5 nitrogen and oxygen atoms in total. The maximum Gasteiger partial charge on any atom is 0.158 e. The number of nitrogens with zero attached hydrogens (tertiary/aromatic N) is 5. The number of aromatic nitrogens is 4. The zero-order valence-corrected chi connectivity index (χ0v) is 13.7. The Bertz CT molecular complexity index is 609. The third kappa shape index (κ3) is 2.94. The molecule has 1 aliphatic rings. The van der Waals surface area contributed by atoms with E-state index in [1.807, 2.05) is 18.7 Å². The Morgan fingerprint density at radius 1 is 1.14 bits per heavy atom. The van der Waals surface area contributed by atoms with Gasteiger partial charge in [-0.15, -0.1) is 11.6 Å². The Hall–Kier alpha value is -1.07. The summed E-state index contributed by atoms with van der Waals surface area (Å²) in [5, 5.41) is 4.49. The zero-order valence-electron chi connectivity index (χ0n) is 13.0. The van der Waals surface area contributed by atoms with E-state index in [1.54, 1.807) is 0 Å². The second-order valence-corrected chi connectivity index (χ2v) is 6.28. The van der Waals surface area contributed by atoms with Crippen LogP contribution in [-0.4, -0.2) is 49.7 Å². The fourth-order valence-corrected chi connectivity index (χ4v) is 3.48. The molecule has 0 saturated carbocycles. The molecule has 1 aliphatic heterocycles. The lowest BCUT2D eigenvalue weighted by atomic mass is 10.1. The minimum absolute atomic E-state index is 0.611. The Morgan fingerprint density at radius 3 is 2.62 bits per heavy atom. The van der Waals surface area contributed by atoms with E-state index in [-0.39, 0.29) is 0 Å². The van der Waals surface area contributed by atoms with E-state index in [1.165, 1.54) is 32.4 Å². The molecule has 0 aliphatic carbocycles. The molecule has 1 saturated heterocycles. The van der Waals surface area contributed by atoms with Gasteiger partial charge in [-0.3, -0.25) is 4.68 Å². The lowest BCUT2D eigenvalue weighted by Gasteiger charge is -2.26. The van der Waals surface area contributed by atoms with E-state index in [9.17, 15) is 0 Å². The zero-order chi connectivity index (χ0) is 14.8. The first-order valence-electron chi connectivity index (χ1n) is 7.87. The van der Waals surface area contributed by atoms with Gasteiger partial charge in [0.05, 0.1) is 5.69 Å². The number of hydrogen-bond donors (Lipinski definition) is 0. The molecule has 3 heterocycles. The predicted octanol–water partition coefficient (Wildman–Crippen LogP) is 2.35. The smallest absolute Gasteiger partial charge is 0.158 e. The molecule has 0 unspecified atom stereocenters. The van der Waals surface area contributed by atoms with Crippen LogP contribution in [0.2, 0.25) is 0 Å². The van der Waals surface area contributed by atoms with E-state index in [0.717, 1.165) is 42.2 Å². The summed E-state index contributed by atoms with van der Waals surface area (Å²) in [4.78, 5) is 7.32. The normalized spacial score (nSPS) is 16.9. The lowest BCUT2D eigenvalue weighted by Crippen LogP contribution is -2.33. The third-order valence-electron chi connectivity index (χ3n) is 4.38. The maximum absolute atomic E-state index is 5.94. The monoisotopic (exact) mass is 309 g/mol. The molecule has 21 heavy (non-hydrogen) atoms. The SMILES string of the molecule is Cc1nn(C)c2c1nc(CCCl)n2CCN1CCCCC1. The molecule has 1 fully saturated rings. The highest BCUT2D eigenvalue weighted by molar-refractivity contribution is 6.17. The molecule has 6 heteroatoms. The molecule has 0 radical (unpaired) electrons. The van der Waals surface area contributed by atoms with Crippen LogP contribution in [0.3, 0.4) is 0 Å². The largest absolute Gasteiger partial charge is 0.312 e. The van der Waals surface area contributed by atoms with E-state index in [0.29, 0.717) is 5.88 Å². The van der Waals surface area contributed by atoms with Crippen molar-refractivity contribution >= 4 is 22.8 Å². The Morgan fingerprint density at radius 2 is 1.90 bits per heavy atom. The highest BCUT2D eigenvalue weighted by Gasteiger charge is 2.18. The molecule has 116 valence electrons. The predicted molar refractivity (Wildman–Crippen MR) is 86.0 cm³/mol. The summed E-state index contributed by atoms with van der Waals surface area (Å²) in [7, 11) is 2.00. The highest BCUT2D eigenvalue weighted by Crippen LogP contribution is 2.20. The van der Waals surface area contributed by atoms with Crippen molar-refractivity contribution in [2.45, 2.75) is 39.2 Å². The quantitative estimate of drug-likeness (QED) is 0.796. The first-order valence-corrected chi connectivity index (χ1v) is 8.41. The number of alkyl halides is 1. The molecular weight excluding hydrogens is 286 g/mol. The van der Waals surface area contributed by atoms with Gasteiger partial charge >= 0.3 is 0 Å². The van der Waals surface area contributed by atoms with Crippen LogP contribution in [0, 0.1) is 6.92 Å². The second-order valence-electron chi connectivity index (χ2n) is 5.90. The second kappa shape index (κ2) is 6.36. The summed E-state index contributed by atoms with van der Waals surface area (Å²) in [5.41, 5.74) is 3.15. The summed E-state index contributed by atoms with van der Waals surface area (Å²) in [6.45, 7) is 6.54. The van der Waals surface area contributed by atoms with Crippen LogP contribution in [0.15, 0.2) is 0 Å². The van der Waals surface area contributed by atoms with Gasteiger partial charge in [-0.1, -0.05) is 6.42 Å². The number of likely N-dealkylation sites (tertiary alicyclic amines) is 1. The van der Waals surface area contributed by atoms with E-state index < -0.39 is 0 Å². The number of imidazole rings is 1. The van der Waals surface area contributed by atoms with Gasteiger partial charge in [-0.2, -0.15) is 5.10 Å². The number of aryl methyl sites for hydroxylation is 3. The molecule has 0 spiro atoms. The Balaban J connectivity index is 1.85. The number of fused-ring (bicyclic) bond motifs is 1. The number of halogens is 1. The molecule has 0 atom stereocenters. The van der Waals surface area contributed by atoms with Crippen molar-refractivity contribution < 1.29 is 0 Å². The molecule has 0 bridgehead atoms. The highest BCUT2D eigenvalue weighted by atomic mass is 35.5. The first kappa shape index (κ1) is 14.9. The molecule has 3 rings (SSSR count). The number of rotatable bonds is 5. The minimum Gasteiger partial charge on any atom is -0.312 e. The van der Waals surface area contributed by atoms with Crippen LogP contribution in [0.1, 0.15) is 30.8 Å². The maximum atomic E-state index is 5.94. The summed E-state index contributed by atoms with van der Waals surface area (Å²) in [6, 6.07) is 0. The average molecular weight is 310 g/mol. The van der Waals surface area contributed by atoms with Crippen LogP contribution in [0.5, 0.6) is 0 Å². The molecule has 2 aromatic rings. The van der Waals surface area contributed by atoms with Crippen LogP contribution in [-0.2, 0) is 20.0 Å². The standard InChI is InChI=1S/C15H24ClN5/c1-12-14-15(19(2)18-12)21(13(17-14)6-7-16)11-10-20-8-4-3-5-9-20/h3-11H2,1-2H3. The summed E-state index contributed by atoms with van der Waals surface area (Å²) in [5.74, 6) is 1.70. The molecule has 2 aromatic heterocycles. The minimum atomic E-state index is 0.611. The average Bonchev–Trinajstić information content (AvgIpc) is 2.97. The van der Waals surface area contributed by atoms with Crippen LogP contribution in [0.25, 0.3) is 11.2 Å². The van der Waals surface area contributed by atoms with Gasteiger partial charge in [0.1, 0.15) is 11.3 Å². The summed E-state index contributed by atoms with van der Waals surface area (Å²) in [6.07, 6.45) is 4.86. The van der Waals surface area contributed by atoms with Crippen molar-refractivity contribution in [2.24, 2.45) is 7.05 Å². The lowest BCUT2D eigenvalue weighted by molar-refractivity contribution is 0.220. The number of hydrogen-bond acceptors (Lipinski definition) is 3. The third-order valence-corrected chi connectivity index (χ3v) is 4.56. The van der Waals surface area contributed by atoms with Crippen molar-refractivity contribution in [3.05, 3.63) is 11.5 Å². The van der Waals surface area contributed by atoms with Gasteiger partial charge in [0, 0.05) is 32.4 Å². The topological polar surface area (TPSA) is 38.9 Å². The van der Waals surface area contributed by atoms with Gasteiger partial charge in [0.2, 0.25) is 0 Å². The molecule has 0 amide bonds. The fourth-order valence-electron chi connectivity index (χ4n) is 3.31. The summed E-state index contributed by atoms with van der Waals surface area (Å²) < 4.78 is 4.26. The van der Waals surface area contributed by atoms with Gasteiger partial charge < -0.3 is 9.47 Å². The molecule has 0 aromatic carbocycles. The van der Waals surface area contributed by atoms with E-state index >= 15 is 0 Å². The Kier molecular flexibility index (Phi) is 4.50. The van der Waals surface area contributed by atoms with E-state index in [4.69, 9.17) is 16.6 Å². The van der Waals surface area contributed by atoms with Gasteiger partial charge in [0.25, 0.3) is 0 Å². The summed E-state index contributed by atoms with van der Waals surface area (Å²) >= 11 is 5.94. The van der Waals surface area contributed by atoms with Crippen molar-refractivity contribution in [1.82, 2.24) is 24.2 Å². The van der Waals surface area contributed by atoms with Gasteiger partial charge in [-0.25, -0.2) is 4.98 Å². The van der Waals surface area contributed by atoms with Crippen LogP contribution < -0.4 is 0 Å². The number of piperidine rings is 1. The fraction of sp³-hybridized carbons (Fsp3) is 0.733. The molecular formula is C15H24ClN5. The van der Waals surface area contributed by atoms with Crippen LogP contribution >= 0.6 is 11.6 Å². The first-order chi connectivity index (χ1) is 10.2. The van der Waals surface area contributed by atoms with Crippen molar-refractivity contribution in [1.29, 1.82) is 0 Å². The molecule has 0 N–H and O–H groups in total. The van der Waals surface area contributed by atoms with Gasteiger partial charge in [-0.05, 0) is 32.9 Å². The van der Waals surface area contributed by atoms with Crippen molar-refractivity contribution in [3.8, 4) is 0 Å². The van der Waals surface area contributed by atoms with E-state index in [2.05, 4.69) is 14.6 Å². The van der Waals surface area contributed by atoms with Crippen LogP contribution in [0.4, 0.5) is 0 Å². The van der Waals surface area contributed by atoms with Crippen molar-refractivity contribution in [3.63, 3.8) is 0 Å². The van der Waals surface area contributed by atoms with Crippen molar-refractivity contribution in [2.75, 3.05) is 25.5 Å².